The van der Waals surface area contributed by atoms with Crippen LogP contribution >= 0.6 is 0 Å². The maximum absolute atomic E-state index is 12.8. The zero-order valence-corrected chi connectivity index (χ0v) is 22.9. The van der Waals surface area contributed by atoms with Gasteiger partial charge >= 0.3 is 17.9 Å². The zero-order chi connectivity index (χ0) is 28.4. The van der Waals surface area contributed by atoms with Gasteiger partial charge in [-0.1, -0.05) is 42.0 Å². The van der Waals surface area contributed by atoms with E-state index in [0.717, 1.165) is 16.7 Å². The van der Waals surface area contributed by atoms with Gasteiger partial charge in [-0.15, -0.1) is 0 Å². The van der Waals surface area contributed by atoms with Crippen molar-refractivity contribution in [2.45, 2.75) is 66.0 Å². The molecule has 0 bridgehead atoms. The number of cyclic esters (lactones) is 1. The molecular formula is C30H35NO8. The number of hydrogen-bond acceptors (Lipinski definition) is 8. The number of methoxy groups -OCH3 is 1. The van der Waals surface area contributed by atoms with E-state index in [1.807, 2.05) is 50.3 Å². The first-order valence-electron chi connectivity index (χ1n) is 13.0. The third kappa shape index (κ3) is 7.92. The average molecular weight is 538 g/mol. The molecule has 0 atom stereocenters. The van der Waals surface area contributed by atoms with E-state index in [-0.39, 0.29) is 49.1 Å². The Hall–Kier alpha value is -4.14. The van der Waals surface area contributed by atoms with Crippen LogP contribution in [0, 0.1) is 6.92 Å². The normalized spacial score (nSPS) is 12.4. The molecule has 9 heteroatoms. The van der Waals surface area contributed by atoms with Crippen molar-refractivity contribution in [2.75, 3.05) is 13.7 Å². The molecule has 208 valence electrons. The average Bonchev–Trinajstić information content (AvgIpc) is 3.32. The first-order chi connectivity index (χ1) is 18.7. The molecule has 0 fully saturated rings. The molecule has 0 spiro atoms. The minimum Gasteiger partial charge on any atom is -0.496 e. The fourth-order valence-corrected chi connectivity index (χ4v) is 4.30. The van der Waals surface area contributed by atoms with E-state index in [9.17, 15) is 19.2 Å². The smallest absolute Gasteiger partial charge is 0.342 e. The number of benzene rings is 2. The summed E-state index contributed by atoms with van der Waals surface area (Å²) in [6.45, 7) is 6.20. The van der Waals surface area contributed by atoms with Crippen LogP contribution in [0.4, 0.5) is 0 Å². The second-order valence-electron chi connectivity index (χ2n) is 9.19. The monoisotopic (exact) mass is 537 g/mol. The van der Waals surface area contributed by atoms with Crippen LogP contribution in [0.3, 0.4) is 0 Å². The van der Waals surface area contributed by atoms with Gasteiger partial charge in [0.05, 0.1) is 20.1 Å². The molecule has 1 amide bonds. The molecule has 3 rings (SSSR count). The van der Waals surface area contributed by atoms with Crippen LogP contribution in [-0.4, -0.2) is 37.5 Å². The Bertz CT molecular complexity index is 1250. The number of nitrogens with one attached hydrogen (secondary N) is 1. The molecule has 1 aliphatic rings. The summed E-state index contributed by atoms with van der Waals surface area (Å²) in [5.74, 6) is -1.22. The van der Waals surface area contributed by atoms with Gasteiger partial charge in [0.25, 0.3) is 0 Å². The predicted molar refractivity (Wildman–Crippen MR) is 143 cm³/mol. The molecule has 2 aromatic rings. The van der Waals surface area contributed by atoms with Crippen LogP contribution in [0.25, 0.3) is 0 Å². The summed E-state index contributed by atoms with van der Waals surface area (Å²) in [6.07, 6.45) is 2.70. The van der Waals surface area contributed by atoms with Crippen molar-refractivity contribution in [1.29, 1.82) is 0 Å². The van der Waals surface area contributed by atoms with Crippen LogP contribution in [0.5, 0.6) is 11.5 Å². The number of amides is 1. The maximum Gasteiger partial charge on any atom is 0.342 e. The third-order valence-electron chi connectivity index (χ3n) is 6.41. The lowest BCUT2D eigenvalue weighted by atomic mass is 9.94. The van der Waals surface area contributed by atoms with E-state index in [4.69, 9.17) is 18.9 Å². The molecule has 0 aromatic heterocycles. The van der Waals surface area contributed by atoms with E-state index in [2.05, 4.69) is 5.32 Å². The Morgan fingerprint density at radius 3 is 2.44 bits per heavy atom. The van der Waals surface area contributed by atoms with Crippen LogP contribution in [0.2, 0.25) is 0 Å². The van der Waals surface area contributed by atoms with Crippen LogP contribution in [0.1, 0.15) is 72.1 Å². The lowest BCUT2D eigenvalue weighted by Crippen LogP contribution is -2.24. The topological polar surface area (TPSA) is 117 Å². The Balaban J connectivity index is 1.76. The standard InChI is InChI=1S/C30H35NO8/c1-5-37-25(33)15-12-19(2)11-13-22-28(36-4)20(3)23-18-38-30(35)27(23)29(22)39-26(34)16-14-24(32)31-17-21-9-7-6-8-10-21/h6-11H,5,12-18H2,1-4H3,(H,31,32). The number of carbonyl (C=O) groups excluding carboxylic acids is 4. The van der Waals surface area contributed by atoms with Gasteiger partial charge in [0.1, 0.15) is 17.9 Å². The molecule has 2 aromatic carbocycles. The number of allylic oxidation sites excluding steroid dienone is 2. The van der Waals surface area contributed by atoms with Gasteiger partial charge < -0.3 is 24.3 Å². The quantitative estimate of drug-likeness (QED) is 0.225. The van der Waals surface area contributed by atoms with Crippen molar-refractivity contribution in [3.05, 3.63) is 69.8 Å². The van der Waals surface area contributed by atoms with Crippen molar-refractivity contribution in [1.82, 2.24) is 5.32 Å². The summed E-state index contributed by atoms with van der Waals surface area (Å²) in [5.41, 5.74) is 3.92. The van der Waals surface area contributed by atoms with Crippen molar-refractivity contribution < 1.29 is 38.1 Å². The molecule has 1 N–H and O–H groups in total. The highest BCUT2D eigenvalue weighted by Crippen LogP contribution is 2.43. The van der Waals surface area contributed by atoms with Gasteiger partial charge in [-0.05, 0) is 44.7 Å². The maximum atomic E-state index is 12.8. The number of hydrogen-bond donors (Lipinski definition) is 1. The fourth-order valence-electron chi connectivity index (χ4n) is 4.30. The number of ether oxygens (including phenoxy) is 4. The number of esters is 3. The van der Waals surface area contributed by atoms with Gasteiger partial charge in [0.2, 0.25) is 5.91 Å². The van der Waals surface area contributed by atoms with Gasteiger partial charge in [-0.25, -0.2) is 4.79 Å². The van der Waals surface area contributed by atoms with E-state index in [1.165, 1.54) is 7.11 Å². The zero-order valence-electron chi connectivity index (χ0n) is 22.9. The summed E-state index contributed by atoms with van der Waals surface area (Å²) in [5, 5.41) is 2.78. The largest absolute Gasteiger partial charge is 0.496 e. The third-order valence-corrected chi connectivity index (χ3v) is 6.41. The second-order valence-corrected chi connectivity index (χ2v) is 9.19. The molecule has 0 saturated heterocycles. The number of carbonyl (C=O) groups is 4. The summed E-state index contributed by atoms with van der Waals surface area (Å²) in [7, 11) is 1.51. The highest BCUT2D eigenvalue weighted by Gasteiger charge is 2.34. The molecule has 9 nitrogen and oxygen atoms in total. The molecule has 0 saturated carbocycles. The Kier molecular flexibility index (Phi) is 10.7. The first-order valence-corrected chi connectivity index (χ1v) is 13.0. The molecule has 0 aliphatic carbocycles. The summed E-state index contributed by atoms with van der Waals surface area (Å²) in [6, 6.07) is 9.45. The molecule has 39 heavy (non-hydrogen) atoms. The van der Waals surface area contributed by atoms with Crippen molar-refractivity contribution in [3.63, 3.8) is 0 Å². The lowest BCUT2D eigenvalue weighted by molar-refractivity contribution is -0.143. The van der Waals surface area contributed by atoms with Gasteiger partial charge in [0, 0.05) is 30.5 Å². The summed E-state index contributed by atoms with van der Waals surface area (Å²) >= 11 is 0. The van der Waals surface area contributed by atoms with Gasteiger partial charge in [0.15, 0.2) is 5.75 Å². The Morgan fingerprint density at radius 2 is 1.74 bits per heavy atom. The Labute approximate surface area is 228 Å². The molecule has 0 unspecified atom stereocenters. The molecule has 0 radical (unpaired) electrons. The molecule has 1 heterocycles. The Morgan fingerprint density at radius 1 is 1.03 bits per heavy atom. The summed E-state index contributed by atoms with van der Waals surface area (Å²) < 4.78 is 21.6. The molecule has 1 aliphatic heterocycles. The lowest BCUT2D eigenvalue weighted by Gasteiger charge is -2.19. The van der Waals surface area contributed by atoms with Crippen molar-refractivity contribution in [3.8, 4) is 11.5 Å². The van der Waals surface area contributed by atoms with Gasteiger partial charge in [-0.2, -0.15) is 0 Å². The minimum atomic E-state index is -0.651. The van der Waals surface area contributed by atoms with Crippen LogP contribution < -0.4 is 14.8 Å². The summed E-state index contributed by atoms with van der Waals surface area (Å²) in [4.78, 5) is 49.5. The van der Waals surface area contributed by atoms with Gasteiger partial charge in [-0.3, -0.25) is 14.4 Å². The second kappa shape index (κ2) is 14.1. The molecular weight excluding hydrogens is 502 g/mol. The predicted octanol–water partition coefficient (Wildman–Crippen LogP) is 4.51. The van der Waals surface area contributed by atoms with E-state index in [1.54, 1.807) is 6.92 Å². The van der Waals surface area contributed by atoms with E-state index in [0.29, 0.717) is 42.9 Å². The SMILES string of the molecule is CCOC(=O)CCC(C)=CCc1c(OC)c(C)c2c(c1OC(=O)CCC(=O)NCc1ccccc1)C(=O)OC2. The fraction of sp³-hybridized carbons (Fsp3) is 0.400. The highest BCUT2D eigenvalue weighted by atomic mass is 16.6. The van der Waals surface area contributed by atoms with Crippen molar-refractivity contribution >= 4 is 23.8 Å². The number of fused-ring (bicyclic) bond motifs is 1. The van der Waals surface area contributed by atoms with E-state index >= 15 is 0 Å². The first kappa shape index (κ1) is 29.4. The minimum absolute atomic E-state index is 0.0531. The number of rotatable bonds is 13. The highest BCUT2D eigenvalue weighted by molar-refractivity contribution is 5.99. The van der Waals surface area contributed by atoms with E-state index < -0.39 is 11.9 Å². The van der Waals surface area contributed by atoms with Crippen LogP contribution in [-0.2, 0) is 43.4 Å². The van der Waals surface area contributed by atoms with Crippen LogP contribution in [0.15, 0.2) is 42.0 Å². The van der Waals surface area contributed by atoms with Crippen molar-refractivity contribution in [2.24, 2.45) is 0 Å².